The molecular formula is C19H22ClFN4O. The molecule has 1 aliphatic carbocycles. The van der Waals surface area contributed by atoms with Gasteiger partial charge in [0.2, 0.25) is 0 Å². The van der Waals surface area contributed by atoms with Crippen LogP contribution in [-0.2, 0) is 0 Å². The number of hydrogen-bond acceptors (Lipinski definition) is 4. The van der Waals surface area contributed by atoms with E-state index in [1.807, 2.05) is 0 Å². The van der Waals surface area contributed by atoms with Gasteiger partial charge in [0.15, 0.2) is 0 Å². The number of amides is 1. The topological polar surface area (TPSA) is 66.9 Å². The summed E-state index contributed by atoms with van der Waals surface area (Å²) in [7, 11) is 0. The number of nitrogens with one attached hydrogen (secondary N) is 2. The molecule has 0 spiro atoms. The highest BCUT2D eigenvalue weighted by Crippen LogP contribution is 2.25. The molecule has 1 fully saturated rings. The van der Waals surface area contributed by atoms with Gasteiger partial charge in [0.1, 0.15) is 11.6 Å². The lowest BCUT2D eigenvalue weighted by molar-refractivity contribution is 0.0921. The molecule has 0 aromatic carbocycles. The van der Waals surface area contributed by atoms with Crippen LogP contribution in [0.1, 0.15) is 41.7 Å². The van der Waals surface area contributed by atoms with E-state index in [0.29, 0.717) is 28.0 Å². The predicted molar refractivity (Wildman–Crippen MR) is 99.9 cm³/mol. The number of rotatable bonds is 5. The molecule has 0 atom stereocenters. The van der Waals surface area contributed by atoms with Gasteiger partial charge in [0.25, 0.3) is 5.91 Å². The van der Waals surface area contributed by atoms with Crippen LogP contribution in [0.5, 0.6) is 0 Å². The van der Waals surface area contributed by atoms with Crippen molar-refractivity contribution in [3.63, 3.8) is 0 Å². The zero-order valence-corrected chi connectivity index (χ0v) is 15.4. The van der Waals surface area contributed by atoms with Gasteiger partial charge in [-0.25, -0.2) is 9.37 Å². The monoisotopic (exact) mass is 376 g/mol. The average Bonchev–Trinajstić information content (AvgIpc) is 2.64. The number of pyridine rings is 2. The van der Waals surface area contributed by atoms with Crippen molar-refractivity contribution in [3.8, 4) is 0 Å². The van der Waals surface area contributed by atoms with Gasteiger partial charge in [-0.15, -0.1) is 0 Å². The Labute approximate surface area is 157 Å². The second kappa shape index (κ2) is 8.45. The summed E-state index contributed by atoms with van der Waals surface area (Å²) in [6, 6.07) is 4.86. The first-order valence-corrected chi connectivity index (χ1v) is 9.17. The third kappa shape index (κ3) is 4.91. The SMILES string of the molecule is Cc1ncc(Cl)cc1C(=O)NC1CCC(CNc2ccc(F)cn2)CC1. The van der Waals surface area contributed by atoms with E-state index in [1.54, 1.807) is 25.3 Å². The lowest BCUT2D eigenvalue weighted by Crippen LogP contribution is -2.38. The maximum absolute atomic E-state index is 12.9. The molecule has 0 saturated heterocycles. The summed E-state index contributed by atoms with van der Waals surface area (Å²) in [5.41, 5.74) is 1.21. The summed E-state index contributed by atoms with van der Waals surface area (Å²) in [5.74, 6) is 0.752. The van der Waals surface area contributed by atoms with Crippen molar-refractivity contribution in [3.05, 3.63) is 52.7 Å². The van der Waals surface area contributed by atoms with Gasteiger partial charge in [0.05, 0.1) is 22.5 Å². The Morgan fingerprint density at radius 1 is 1.23 bits per heavy atom. The number of nitrogens with zero attached hydrogens (tertiary/aromatic N) is 2. The van der Waals surface area contributed by atoms with E-state index in [9.17, 15) is 9.18 Å². The number of anilines is 1. The normalized spacial score (nSPS) is 19.8. The van der Waals surface area contributed by atoms with Crippen LogP contribution < -0.4 is 10.6 Å². The number of carbonyl (C=O) groups is 1. The summed E-state index contributed by atoms with van der Waals surface area (Å²) < 4.78 is 12.9. The molecule has 2 N–H and O–H groups in total. The van der Waals surface area contributed by atoms with Crippen molar-refractivity contribution < 1.29 is 9.18 Å². The molecule has 0 aliphatic heterocycles. The minimum absolute atomic E-state index is 0.116. The quantitative estimate of drug-likeness (QED) is 0.828. The molecule has 0 unspecified atom stereocenters. The summed E-state index contributed by atoms with van der Waals surface area (Å²) in [5, 5.41) is 6.80. The first-order valence-electron chi connectivity index (χ1n) is 8.79. The van der Waals surface area contributed by atoms with Crippen LogP contribution in [0.2, 0.25) is 5.02 Å². The minimum atomic E-state index is -0.336. The van der Waals surface area contributed by atoms with Gasteiger partial charge < -0.3 is 10.6 Å². The van der Waals surface area contributed by atoms with Crippen molar-refractivity contribution >= 4 is 23.3 Å². The Morgan fingerprint density at radius 3 is 2.69 bits per heavy atom. The van der Waals surface area contributed by atoms with Gasteiger partial charge in [-0.1, -0.05) is 11.6 Å². The van der Waals surface area contributed by atoms with Gasteiger partial charge in [0, 0.05) is 18.8 Å². The van der Waals surface area contributed by atoms with E-state index in [-0.39, 0.29) is 17.8 Å². The van der Waals surface area contributed by atoms with E-state index in [2.05, 4.69) is 20.6 Å². The highest BCUT2D eigenvalue weighted by atomic mass is 35.5. The molecule has 2 aromatic heterocycles. The molecule has 0 bridgehead atoms. The number of aromatic nitrogens is 2. The van der Waals surface area contributed by atoms with Crippen LogP contribution in [0, 0.1) is 18.7 Å². The number of halogens is 2. The molecule has 2 heterocycles. The number of hydrogen-bond donors (Lipinski definition) is 2. The van der Waals surface area contributed by atoms with Crippen molar-refractivity contribution in [2.45, 2.75) is 38.6 Å². The lowest BCUT2D eigenvalue weighted by Gasteiger charge is -2.29. The van der Waals surface area contributed by atoms with Crippen LogP contribution in [0.3, 0.4) is 0 Å². The molecule has 1 amide bonds. The standard InChI is InChI=1S/C19H22ClFN4O/c1-12-17(8-14(20)10-22-12)19(26)25-16-5-2-13(3-6-16)9-23-18-7-4-15(21)11-24-18/h4,7-8,10-11,13,16H,2-3,5-6,9H2,1H3,(H,23,24)(H,25,26). The van der Waals surface area contributed by atoms with Crippen LogP contribution >= 0.6 is 11.6 Å². The highest BCUT2D eigenvalue weighted by Gasteiger charge is 2.23. The Bertz CT molecular complexity index is 761. The van der Waals surface area contributed by atoms with Crippen LogP contribution in [0.25, 0.3) is 0 Å². The van der Waals surface area contributed by atoms with Crippen molar-refractivity contribution in [2.75, 3.05) is 11.9 Å². The maximum atomic E-state index is 12.9. The Morgan fingerprint density at radius 2 is 2.00 bits per heavy atom. The number of aryl methyl sites for hydroxylation is 1. The first kappa shape index (κ1) is 18.6. The van der Waals surface area contributed by atoms with Gasteiger partial charge in [-0.2, -0.15) is 0 Å². The Hall–Kier alpha value is -2.21. The van der Waals surface area contributed by atoms with Crippen LogP contribution in [0.15, 0.2) is 30.6 Å². The van der Waals surface area contributed by atoms with Crippen molar-refractivity contribution in [2.24, 2.45) is 5.92 Å². The fraction of sp³-hybridized carbons (Fsp3) is 0.421. The largest absolute Gasteiger partial charge is 0.370 e. The smallest absolute Gasteiger partial charge is 0.253 e. The predicted octanol–water partition coefficient (Wildman–Crippen LogP) is 3.98. The Kier molecular flexibility index (Phi) is 6.04. The molecule has 0 radical (unpaired) electrons. The average molecular weight is 377 g/mol. The lowest BCUT2D eigenvalue weighted by atomic mass is 9.86. The van der Waals surface area contributed by atoms with Crippen molar-refractivity contribution in [1.82, 2.24) is 15.3 Å². The third-order valence-corrected chi connectivity index (χ3v) is 4.99. The van der Waals surface area contributed by atoms with E-state index in [4.69, 9.17) is 11.6 Å². The van der Waals surface area contributed by atoms with Crippen LogP contribution in [-0.4, -0.2) is 28.5 Å². The molecular weight excluding hydrogens is 355 g/mol. The third-order valence-electron chi connectivity index (χ3n) is 4.78. The van der Waals surface area contributed by atoms with E-state index >= 15 is 0 Å². The second-order valence-electron chi connectivity index (χ2n) is 6.72. The van der Waals surface area contributed by atoms with E-state index in [0.717, 1.165) is 32.2 Å². The molecule has 1 aliphatic rings. The summed E-state index contributed by atoms with van der Waals surface area (Å²) in [4.78, 5) is 20.6. The highest BCUT2D eigenvalue weighted by molar-refractivity contribution is 6.30. The van der Waals surface area contributed by atoms with Gasteiger partial charge in [-0.05, 0) is 56.7 Å². The number of carbonyl (C=O) groups excluding carboxylic acids is 1. The maximum Gasteiger partial charge on any atom is 0.253 e. The second-order valence-corrected chi connectivity index (χ2v) is 7.16. The zero-order valence-electron chi connectivity index (χ0n) is 14.6. The van der Waals surface area contributed by atoms with Crippen molar-refractivity contribution in [1.29, 1.82) is 0 Å². The molecule has 138 valence electrons. The minimum Gasteiger partial charge on any atom is -0.370 e. The Balaban J connectivity index is 1.45. The van der Waals surface area contributed by atoms with Gasteiger partial charge >= 0.3 is 0 Å². The van der Waals surface area contributed by atoms with E-state index < -0.39 is 0 Å². The summed E-state index contributed by atoms with van der Waals surface area (Å²) in [6.07, 6.45) is 6.66. The van der Waals surface area contributed by atoms with E-state index in [1.165, 1.54) is 12.3 Å². The molecule has 26 heavy (non-hydrogen) atoms. The zero-order chi connectivity index (χ0) is 18.5. The fourth-order valence-electron chi connectivity index (χ4n) is 3.24. The summed E-state index contributed by atoms with van der Waals surface area (Å²) in [6.45, 7) is 2.61. The molecule has 1 saturated carbocycles. The van der Waals surface area contributed by atoms with Gasteiger partial charge in [-0.3, -0.25) is 9.78 Å². The summed E-state index contributed by atoms with van der Waals surface area (Å²) >= 11 is 5.94. The molecule has 7 heteroatoms. The molecule has 3 rings (SSSR count). The molecule has 5 nitrogen and oxygen atoms in total. The molecule has 2 aromatic rings. The fourth-order valence-corrected chi connectivity index (χ4v) is 3.40. The van der Waals surface area contributed by atoms with Crippen LogP contribution in [0.4, 0.5) is 10.2 Å². The first-order chi connectivity index (χ1) is 12.5.